The first-order valence-electron chi connectivity index (χ1n) is 11.9. The van der Waals surface area contributed by atoms with Crippen molar-refractivity contribution in [1.82, 2.24) is 9.88 Å². The van der Waals surface area contributed by atoms with Crippen molar-refractivity contribution >= 4 is 28.3 Å². The molecule has 0 fully saturated rings. The number of nitrogens with one attached hydrogen (secondary N) is 1. The zero-order chi connectivity index (χ0) is 25.5. The van der Waals surface area contributed by atoms with E-state index in [0.717, 1.165) is 21.8 Å². The number of hydrogen-bond acceptors (Lipinski definition) is 7. The quantitative estimate of drug-likeness (QED) is 0.450. The van der Waals surface area contributed by atoms with Crippen LogP contribution in [0.15, 0.2) is 48.7 Å². The number of carbonyl (C=O) groups is 2. The van der Waals surface area contributed by atoms with Crippen LogP contribution in [0.2, 0.25) is 0 Å². The molecule has 1 unspecified atom stereocenters. The lowest BCUT2D eigenvalue weighted by atomic mass is 9.97. The van der Waals surface area contributed by atoms with Crippen LogP contribution in [0.3, 0.4) is 0 Å². The molecule has 2 amide bonds. The summed E-state index contributed by atoms with van der Waals surface area (Å²) in [6, 6.07) is 15.4. The average Bonchev–Trinajstić information content (AvgIpc) is 3.24. The van der Waals surface area contributed by atoms with E-state index in [2.05, 4.69) is 16.4 Å². The van der Waals surface area contributed by atoms with Gasteiger partial charge < -0.3 is 19.7 Å². The van der Waals surface area contributed by atoms with Crippen molar-refractivity contribution in [3.63, 3.8) is 0 Å². The molecule has 36 heavy (non-hydrogen) atoms. The van der Waals surface area contributed by atoms with Crippen LogP contribution in [0.25, 0.3) is 0 Å². The van der Waals surface area contributed by atoms with Crippen LogP contribution in [-0.2, 0) is 29.1 Å². The standard InChI is InChI=1S/C27H28N4O4S/c1-3-34-21-9-6-7-19(14-21)18(2)13-25(32)30-26-23(15-28)22-10-12-31(16-24(22)36-26)27(33)35-17-20-8-4-5-11-29-20/h4-9,11,14,18H,3,10,12-13,16-17H2,1-2H3,(H,30,32). The van der Waals surface area contributed by atoms with Crippen molar-refractivity contribution < 1.29 is 19.1 Å². The highest BCUT2D eigenvalue weighted by molar-refractivity contribution is 7.16. The van der Waals surface area contributed by atoms with Gasteiger partial charge in [0.2, 0.25) is 5.91 Å². The van der Waals surface area contributed by atoms with Gasteiger partial charge in [-0.25, -0.2) is 4.79 Å². The van der Waals surface area contributed by atoms with E-state index >= 15 is 0 Å². The smallest absolute Gasteiger partial charge is 0.410 e. The summed E-state index contributed by atoms with van der Waals surface area (Å²) in [5.41, 5.74) is 3.07. The lowest BCUT2D eigenvalue weighted by molar-refractivity contribution is -0.116. The maximum absolute atomic E-state index is 12.8. The third-order valence-corrected chi connectivity index (χ3v) is 7.11. The number of carbonyl (C=O) groups excluding carboxylic acids is 2. The third-order valence-electron chi connectivity index (χ3n) is 5.98. The monoisotopic (exact) mass is 504 g/mol. The third kappa shape index (κ3) is 6.01. The number of pyridine rings is 1. The van der Waals surface area contributed by atoms with Gasteiger partial charge in [-0.1, -0.05) is 25.1 Å². The lowest BCUT2D eigenvalue weighted by Crippen LogP contribution is -2.35. The Morgan fingerprint density at radius 3 is 2.89 bits per heavy atom. The molecule has 0 spiro atoms. The molecule has 9 heteroatoms. The molecule has 3 heterocycles. The number of hydrogen-bond donors (Lipinski definition) is 1. The number of thiophene rings is 1. The Kier molecular flexibility index (Phi) is 8.18. The number of ether oxygens (including phenoxy) is 2. The number of amides is 2. The fraction of sp³-hybridized carbons (Fsp3) is 0.333. The number of nitrogens with zero attached hydrogens (tertiary/aromatic N) is 3. The Morgan fingerprint density at radius 1 is 1.28 bits per heavy atom. The molecule has 186 valence electrons. The highest BCUT2D eigenvalue weighted by Crippen LogP contribution is 2.37. The van der Waals surface area contributed by atoms with Gasteiger partial charge in [0.05, 0.1) is 24.4 Å². The Bertz CT molecular complexity index is 1270. The van der Waals surface area contributed by atoms with Crippen molar-refractivity contribution in [3.8, 4) is 11.8 Å². The van der Waals surface area contributed by atoms with E-state index in [4.69, 9.17) is 9.47 Å². The van der Waals surface area contributed by atoms with E-state index in [9.17, 15) is 14.9 Å². The Hall–Kier alpha value is -3.90. The lowest BCUT2D eigenvalue weighted by Gasteiger charge is -2.26. The molecule has 1 aromatic carbocycles. The molecular formula is C27H28N4O4S. The zero-order valence-corrected chi connectivity index (χ0v) is 21.1. The summed E-state index contributed by atoms with van der Waals surface area (Å²) in [6.07, 6.45) is 2.03. The SMILES string of the molecule is CCOc1cccc(C(C)CC(=O)Nc2sc3c(c2C#N)CCN(C(=O)OCc2ccccn2)C3)c1. The van der Waals surface area contributed by atoms with E-state index in [0.29, 0.717) is 42.4 Å². The predicted molar refractivity (Wildman–Crippen MR) is 137 cm³/mol. The maximum Gasteiger partial charge on any atom is 0.410 e. The molecule has 1 atom stereocenters. The van der Waals surface area contributed by atoms with Gasteiger partial charge in [0.15, 0.2) is 0 Å². The molecule has 0 saturated carbocycles. The summed E-state index contributed by atoms with van der Waals surface area (Å²) >= 11 is 1.35. The van der Waals surface area contributed by atoms with Gasteiger partial charge in [0.1, 0.15) is 23.4 Å². The number of benzene rings is 1. The van der Waals surface area contributed by atoms with Crippen molar-refractivity contribution in [1.29, 1.82) is 5.26 Å². The van der Waals surface area contributed by atoms with Crippen LogP contribution in [-0.4, -0.2) is 35.0 Å². The molecule has 0 saturated heterocycles. The Labute approximate surface area is 214 Å². The highest BCUT2D eigenvalue weighted by Gasteiger charge is 2.28. The zero-order valence-electron chi connectivity index (χ0n) is 20.3. The number of aromatic nitrogens is 1. The van der Waals surface area contributed by atoms with Gasteiger partial charge in [-0.2, -0.15) is 5.26 Å². The van der Waals surface area contributed by atoms with E-state index < -0.39 is 6.09 Å². The fourth-order valence-electron chi connectivity index (χ4n) is 4.13. The molecule has 8 nitrogen and oxygen atoms in total. The van der Waals surface area contributed by atoms with Crippen LogP contribution >= 0.6 is 11.3 Å². The summed E-state index contributed by atoms with van der Waals surface area (Å²) in [6.45, 7) is 5.39. The van der Waals surface area contributed by atoms with Crippen LogP contribution in [0.4, 0.5) is 9.80 Å². The minimum atomic E-state index is -0.424. The molecule has 3 aromatic rings. The highest BCUT2D eigenvalue weighted by atomic mass is 32.1. The van der Waals surface area contributed by atoms with Gasteiger partial charge >= 0.3 is 6.09 Å². The van der Waals surface area contributed by atoms with Gasteiger partial charge in [-0.15, -0.1) is 11.3 Å². The summed E-state index contributed by atoms with van der Waals surface area (Å²) < 4.78 is 11.0. The summed E-state index contributed by atoms with van der Waals surface area (Å²) in [7, 11) is 0. The Balaban J connectivity index is 1.38. The van der Waals surface area contributed by atoms with Crippen molar-refractivity contribution in [2.75, 3.05) is 18.5 Å². The number of rotatable bonds is 8. The predicted octanol–water partition coefficient (Wildman–Crippen LogP) is 5.24. The van der Waals surface area contributed by atoms with E-state index in [1.54, 1.807) is 23.2 Å². The minimum absolute atomic E-state index is 0.0186. The van der Waals surface area contributed by atoms with E-state index in [-0.39, 0.29) is 24.9 Å². The molecule has 0 aliphatic carbocycles. The molecule has 0 bridgehead atoms. The number of anilines is 1. The normalized spacial score (nSPS) is 13.3. The van der Waals surface area contributed by atoms with Crippen LogP contribution in [0.5, 0.6) is 5.75 Å². The molecule has 1 aliphatic rings. The van der Waals surface area contributed by atoms with Gasteiger partial charge in [-0.3, -0.25) is 9.78 Å². The molecule has 4 rings (SSSR count). The maximum atomic E-state index is 12.8. The number of fused-ring (bicyclic) bond motifs is 1. The first-order valence-corrected chi connectivity index (χ1v) is 12.7. The molecule has 2 aromatic heterocycles. The van der Waals surface area contributed by atoms with E-state index in [1.807, 2.05) is 44.2 Å². The first kappa shape index (κ1) is 25.2. The van der Waals surface area contributed by atoms with Crippen molar-refractivity contribution in [2.24, 2.45) is 0 Å². The average molecular weight is 505 g/mol. The summed E-state index contributed by atoms with van der Waals surface area (Å²) in [4.78, 5) is 32.1. The summed E-state index contributed by atoms with van der Waals surface area (Å²) in [5.74, 6) is 0.601. The molecular weight excluding hydrogens is 476 g/mol. The number of nitriles is 1. The van der Waals surface area contributed by atoms with Gasteiger partial charge in [0, 0.05) is 24.0 Å². The second kappa shape index (κ2) is 11.7. The second-order valence-electron chi connectivity index (χ2n) is 8.53. The topological polar surface area (TPSA) is 105 Å². The first-order chi connectivity index (χ1) is 17.5. The van der Waals surface area contributed by atoms with E-state index in [1.165, 1.54) is 11.3 Å². The van der Waals surface area contributed by atoms with Crippen LogP contribution < -0.4 is 10.1 Å². The second-order valence-corrected chi connectivity index (χ2v) is 9.63. The van der Waals surface area contributed by atoms with Crippen LogP contribution in [0, 0.1) is 11.3 Å². The molecule has 1 N–H and O–H groups in total. The summed E-state index contributed by atoms with van der Waals surface area (Å²) in [5, 5.41) is 13.2. The van der Waals surface area contributed by atoms with Crippen molar-refractivity contribution in [2.45, 2.75) is 45.8 Å². The molecule has 1 aliphatic heterocycles. The van der Waals surface area contributed by atoms with Gasteiger partial charge in [-0.05, 0) is 54.7 Å². The Morgan fingerprint density at radius 2 is 2.14 bits per heavy atom. The van der Waals surface area contributed by atoms with Gasteiger partial charge in [0.25, 0.3) is 0 Å². The minimum Gasteiger partial charge on any atom is -0.494 e. The van der Waals surface area contributed by atoms with Crippen LogP contribution in [0.1, 0.15) is 53.4 Å². The molecule has 0 radical (unpaired) electrons. The van der Waals surface area contributed by atoms with Crippen molar-refractivity contribution in [3.05, 3.63) is 75.9 Å². The fourth-order valence-corrected chi connectivity index (χ4v) is 5.36. The largest absolute Gasteiger partial charge is 0.494 e.